The minimum atomic E-state index is -4.46. The summed E-state index contributed by atoms with van der Waals surface area (Å²) in [7, 11) is 0. The molecule has 3 nitrogen and oxygen atoms in total. The predicted octanol–water partition coefficient (Wildman–Crippen LogP) is 4.76. The molecule has 0 radical (unpaired) electrons. The summed E-state index contributed by atoms with van der Waals surface area (Å²) in [6.07, 6.45) is -3.60. The molecule has 0 aromatic carbocycles. The third kappa shape index (κ3) is 4.42. The molecular formula is C14H16F3N3S. The Hall–Kier alpha value is -1.63. The lowest BCUT2D eigenvalue weighted by atomic mass is 10.0. The summed E-state index contributed by atoms with van der Waals surface area (Å²) in [4.78, 5) is 1.13. The van der Waals surface area contributed by atoms with E-state index in [2.05, 4.69) is 29.4 Å². The second-order valence-corrected chi connectivity index (χ2v) is 6.12. The fraction of sp³-hybridized carbons (Fsp3) is 0.429. The zero-order valence-corrected chi connectivity index (χ0v) is 12.5. The van der Waals surface area contributed by atoms with Crippen molar-refractivity contribution in [2.24, 2.45) is 5.92 Å². The van der Waals surface area contributed by atoms with Crippen LogP contribution in [0.3, 0.4) is 0 Å². The van der Waals surface area contributed by atoms with Crippen molar-refractivity contribution in [1.82, 2.24) is 10.2 Å². The Balaban J connectivity index is 2.13. The Morgan fingerprint density at radius 3 is 2.43 bits per heavy atom. The highest BCUT2D eigenvalue weighted by Gasteiger charge is 2.33. The number of nitrogens with zero attached hydrogens (tertiary/aromatic N) is 2. The van der Waals surface area contributed by atoms with Crippen LogP contribution in [0.15, 0.2) is 29.6 Å². The molecule has 2 aromatic heterocycles. The van der Waals surface area contributed by atoms with Crippen molar-refractivity contribution in [3.8, 4) is 0 Å². The molecule has 114 valence electrons. The van der Waals surface area contributed by atoms with Crippen molar-refractivity contribution in [2.75, 3.05) is 5.32 Å². The first-order valence-corrected chi connectivity index (χ1v) is 7.45. The van der Waals surface area contributed by atoms with Gasteiger partial charge in [-0.15, -0.1) is 21.5 Å². The molecule has 2 heterocycles. The van der Waals surface area contributed by atoms with E-state index < -0.39 is 11.9 Å². The number of aromatic nitrogens is 2. The maximum absolute atomic E-state index is 12.5. The molecular weight excluding hydrogens is 299 g/mol. The second-order valence-electron chi connectivity index (χ2n) is 5.14. The highest BCUT2D eigenvalue weighted by molar-refractivity contribution is 7.10. The lowest BCUT2D eigenvalue weighted by Crippen LogP contribution is -2.15. The van der Waals surface area contributed by atoms with Crippen molar-refractivity contribution >= 4 is 17.2 Å². The van der Waals surface area contributed by atoms with Gasteiger partial charge in [0.05, 0.1) is 6.04 Å². The van der Waals surface area contributed by atoms with Crippen LogP contribution >= 0.6 is 11.3 Å². The topological polar surface area (TPSA) is 37.8 Å². The minimum absolute atomic E-state index is 0.0241. The van der Waals surface area contributed by atoms with Crippen molar-refractivity contribution in [1.29, 1.82) is 0 Å². The molecule has 2 rings (SSSR count). The molecule has 0 aliphatic heterocycles. The summed E-state index contributed by atoms with van der Waals surface area (Å²) in [6, 6.07) is 6.24. The van der Waals surface area contributed by atoms with Crippen LogP contribution in [0.4, 0.5) is 19.0 Å². The standard InChI is InChI=1S/C14H16F3N3S/c1-9(2)8-10(11-4-3-7-21-11)18-13-6-5-12(19-20-13)14(15,16)17/h3-7,9-10H,8H2,1-2H3,(H,18,20). The smallest absolute Gasteiger partial charge is 0.361 e. The van der Waals surface area contributed by atoms with Crippen LogP contribution in [0.1, 0.15) is 36.9 Å². The van der Waals surface area contributed by atoms with Crippen LogP contribution in [0.5, 0.6) is 0 Å². The van der Waals surface area contributed by atoms with Crippen molar-refractivity contribution < 1.29 is 13.2 Å². The summed E-state index contributed by atoms with van der Waals surface area (Å²) >= 11 is 1.61. The summed E-state index contributed by atoms with van der Waals surface area (Å²) < 4.78 is 37.4. The van der Waals surface area contributed by atoms with E-state index in [-0.39, 0.29) is 6.04 Å². The molecule has 0 spiro atoms. The van der Waals surface area contributed by atoms with E-state index in [0.29, 0.717) is 11.7 Å². The quantitative estimate of drug-likeness (QED) is 0.864. The third-order valence-corrected chi connectivity index (χ3v) is 3.86. The summed E-state index contributed by atoms with van der Waals surface area (Å²) in [5, 5.41) is 12.0. The molecule has 0 amide bonds. The number of halogens is 3. The van der Waals surface area contributed by atoms with Crippen molar-refractivity contribution in [3.63, 3.8) is 0 Å². The molecule has 7 heteroatoms. The molecule has 0 aliphatic rings. The molecule has 0 saturated heterocycles. The maximum atomic E-state index is 12.5. The molecule has 0 bridgehead atoms. The van der Waals surface area contributed by atoms with E-state index in [0.717, 1.165) is 17.4 Å². The summed E-state index contributed by atoms with van der Waals surface area (Å²) in [5.41, 5.74) is -0.982. The first-order valence-electron chi connectivity index (χ1n) is 6.57. The van der Waals surface area contributed by atoms with Gasteiger partial charge in [0, 0.05) is 4.88 Å². The van der Waals surface area contributed by atoms with Gasteiger partial charge in [0.2, 0.25) is 0 Å². The Labute approximate surface area is 125 Å². The van der Waals surface area contributed by atoms with Gasteiger partial charge in [0.1, 0.15) is 5.82 Å². The predicted molar refractivity (Wildman–Crippen MR) is 77.2 cm³/mol. The van der Waals surface area contributed by atoms with Crippen LogP contribution in [-0.4, -0.2) is 10.2 Å². The number of nitrogens with one attached hydrogen (secondary N) is 1. The minimum Gasteiger partial charge on any atom is -0.361 e. The van der Waals surface area contributed by atoms with Gasteiger partial charge in [-0.3, -0.25) is 0 Å². The van der Waals surface area contributed by atoms with Crippen molar-refractivity contribution in [3.05, 3.63) is 40.2 Å². The van der Waals surface area contributed by atoms with E-state index in [9.17, 15) is 13.2 Å². The number of thiophene rings is 1. The Morgan fingerprint density at radius 1 is 1.19 bits per heavy atom. The number of hydrogen-bond donors (Lipinski definition) is 1. The molecule has 0 fully saturated rings. The molecule has 1 atom stereocenters. The fourth-order valence-corrected chi connectivity index (χ4v) is 2.74. The van der Waals surface area contributed by atoms with Crippen LogP contribution in [-0.2, 0) is 6.18 Å². The zero-order chi connectivity index (χ0) is 15.5. The highest BCUT2D eigenvalue weighted by Crippen LogP contribution is 2.30. The van der Waals surface area contributed by atoms with Gasteiger partial charge in [0.25, 0.3) is 0 Å². The van der Waals surface area contributed by atoms with Gasteiger partial charge < -0.3 is 5.32 Å². The van der Waals surface area contributed by atoms with Crippen LogP contribution in [0.2, 0.25) is 0 Å². The SMILES string of the molecule is CC(C)CC(Nc1ccc(C(F)(F)F)nn1)c1cccs1. The van der Waals surface area contributed by atoms with Crippen molar-refractivity contribution in [2.45, 2.75) is 32.5 Å². The van der Waals surface area contributed by atoms with Gasteiger partial charge >= 0.3 is 6.18 Å². The average Bonchev–Trinajstić information content (AvgIpc) is 2.90. The summed E-state index contributed by atoms with van der Waals surface area (Å²) in [6.45, 7) is 4.20. The first kappa shape index (κ1) is 15.8. The molecule has 21 heavy (non-hydrogen) atoms. The van der Waals surface area contributed by atoms with E-state index in [4.69, 9.17) is 0 Å². The Bertz CT molecular complexity index is 550. The van der Waals surface area contributed by atoms with Crippen LogP contribution in [0, 0.1) is 5.92 Å². The fourth-order valence-electron chi connectivity index (χ4n) is 1.95. The number of rotatable bonds is 5. The third-order valence-electron chi connectivity index (χ3n) is 2.87. The van der Waals surface area contributed by atoms with E-state index in [1.807, 2.05) is 17.5 Å². The lowest BCUT2D eigenvalue weighted by Gasteiger charge is -2.20. The van der Waals surface area contributed by atoms with E-state index in [1.165, 1.54) is 6.07 Å². The Morgan fingerprint density at radius 2 is 1.95 bits per heavy atom. The molecule has 0 saturated carbocycles. The largest absolute Gasteiger partial charge is 0.435 e. The van der Waals surface area contributed by atoms with Crippen LogP contribution < -0.4 is 5.32 Å². The monoisotopic (exact) mass is 315 g/mol. The van der Waals surface area contributed by atoms with Gasteiger partial charge in [0.15, 0.2) is 5.69 Å². The number of anilines is 1. The maximum Gasteiger partial charge on any atom is 0.435 e. The van der Waals surface area contributed by atoms with Gasteiger partial charge in [-0.2, -0.15) is 13.2 Å². The zero-order valence-electron chi connectivity index (χ0n) is 11.7. The Kier molecular flexibility index (Phi) is 4.82. The van der Waals surface area contributed by atoms with Crippen LogP contribution in [0.25, 0.3) is 0 Å². The van der Waals surface area contributed by atoms with E-state index in [1.54, 1.807) is 11.3 Å². The molecule has 1 unspecified atom stereocenters. The molecule has 1 N–H and O–H groups in total. The van der Waals surface area contributed by atoms with Gasteiger partial charge in [-0.25, -0.2) is 0 Å². The van der Waals surface area contributed by atoms with Gasteiger partial charge in [-0.1, -0.05) is 19.9 Å². The normalized spacial score (nSPS) is 13.4. The van der Waals surface area contributed by atoms with Gasteiger partial charge in [-0.05, 0) is 35.9 Å². The first-order chi connectivity index (χ1) is 9.86. The highest BCUT2D eigenvalue weighted by atomic mass is 32.1. The number of hydrogen-bond acceptors (Lipinski definition) is 4. The van der Waals surface area contributed by atoms with E-state index >= 15 is 0 Å². The molecule has 0 aliphatic carbocycles. The summed E-state index contributed by atoms with van der Waals surface area (Å²) in [5.74, 6) is 0.800. The number of alkyl halides is 3. The molecule has 2 aromatic rings. The second kappa shape index (κ2) is 6.43. The lowest BCUT2D eigenvalue weighted by molar-refractivity contribution is -0.141. The average molecular weight is 315 g/mol.